The Kier molecular flexibility index (Phi) is 6.50. The predicted molar refractivity (Wildman–Crippen MR) is 119 cm³/mol. The summed E-state index contributed by atoms with van der Waals surface area (Å²) in [5.74, 6) is -2.69. The van der Waals surface area contributed by atoms with Crippen LogP contribution in [0, 0.1) is 11.8 Å². The topological polar surface area (TPSA) is 113 Å². The van der Waals surface area contributed by atoms with Gasteiger partial charge in [-0.25, -0.2) is 0 Å². The lowest BCUT2D eigenvalue weighted by molar-refractivity contribution is -0.144. The van der Waals surface area contributed by atoms with Gasteiger partial charge < -0.3 is 20.9 Å². The molecular formula is C23H32N4O4. The number of para-hydroxylation sites is 2. The lowest BCUT2D eigenvalue weighted by Crippen LogP contribution is -2.71. The van der Waals surface area contributed by atoms with Gasteiger partial charge in [-0.3, -0.25) is 19.2 Å². The van der Waals surface area contributed by atoms with Crippen LogP contribution in [0.3, 0.4) is 0 Å². The van der Waals surface area contributed by atoms with E-state index < -0.39 is 29.2 Å². The highest BCUT2D eigenvalue weighted by Crippen LogP contribution is 2.34. The second-order valence-corrected chi connectivity index (χ2v) is 9.03. The summed E-state index contributed by atoms with van der Waals surface area (Å²) < 4.78 is 0. The average molecular weight is 429 g/mol. The number of likely N-dealkylation sites (N-methyl/N-ethyl adjacent to an activating group) is 2. The minimum absolute atomic E-state index is 0.249. The molecule has 3 rings (SSSR count). The average Bonchev–Trinajstić information content (AvgIpc) is 3.25. The molecule has 0 spiro atoms. The Labute approximate surface area is 183 Å². The number of rotatable bonds is 6. The number of nitrogens with two attached hydrogens (primary N) is 1. The Morgan fingerprint density at radius 3 is 2.00 bits per heavy atom. The maximum absolute atomic E-state index is 13.6. The number of anilines is 2. The van der Waals surface area contributed by atoms with E-state index in [1.165, 1.54) is 23.9 Å². The van der Waals surface area contributed by atoms with Crippen molar-refractivity contribution in [3.05, 3.63) is 24.3 Å². The van der Waals surface area contributed by atoms with Gasteiger partial charge in [0.05, 0.1) is 17.4 Å². The number of nitrogens with zero attached hydrogens (tertiary/aromatic N) is 2. The van der Waals surface area contributed by atoms with Gasteiger partial charge >= 0.3 is 0 Å². The van der Waals surface area contributed by atoms with Crippen molar-refractivity contribution < 1.29 is 19.2 Å². The van der Waals surface area contributed by atoms with Crippen molar-refractivity contribution in [1.29, 1.82) is 0 Å². The van der Waals surface area contributed by atoms with Gasteiger partial charge in [0.25, 0.3) is 11.8 Å². The summed E-state index contributed by atoms with van der Waals surface area (Å²) in [6, 6.07) is 5.82. The first-order chi connectivity index (χ1) is 14.6. The molecule has 8 heteroatoms. The lowest BCUT2D eigenvalue weighted by Gasteiger charge is -2.33. The molecule has 8 nitrogen and oxygen atoms in total. The molecule has 1 atom stereocenters. The third kappa shape index (κ3) is 4.08. The molecule has 1 fully saturated rings. The number of carbonyl (C=O) groups is 4. The predicted octanol–water partition coefficient (Wildman–Crippen LogP) is 1.61. The quantitative estimate of drug-likeness (QED) is 0.669. The number of Topliss-reactive ketones (excluding diaryl/α,β-unsaturated/α-hetero) is 1. The molecule has 1 aromatic carbocycles. The fourth-order valence-corrected chi connectivity index (χ4v) is 4.57. The van der Waals surface area contributed by atoms with Gasteiger partial charge in [-0.05, 0) is 36.8 Å². The van der Waals surface area contributed by atoms with Crippen molar-refractivity contribution >= 4 is 34.9 Å². The van der Waals surface area contributed by atoms with Crippen LogP contribution >= 0.6 is 0 Å². The highest BCUT2D eigenvalue weighted by atomic mass is 16.2. The molecule has 0 bridgehead atoms. The van der Waals surface area contributed by atoms with Crippen LogP contribution < -0.4 is 20.9 Å². The van der Waals surface area contributed by atoms with Crippen molar-refractivity contribution in [2.45, 2.75) is 57.5 Å². The first-order valence-corrected chi connectivity index (χ1v) is 10.9. The smallest absolute Gasteiger partial charge is 0.264 e. The van der Waals surface area contributed by atoms with Crippen LogP contribution in [0.5, 0.6) is 0 Å². The highest BCUT2D eigenvalue weighted by Gasteiger charge is 2.57. The van der Waals surface area contributed by atoms with Gasteiger partial charge in [0.15, 0.2) is 5.78 Å². The maximum Gasteiger partial charge on any atom is 0.264 e. The molecule has 1 heterocycles. The summed E-state index contributed by atoms with van der Waals surface area (Å²) in [6.45, 7) is 3.52. The van der Waals surface area contributed by atoms with Crippen molar-refractivity contribution in [1.82, 2.24) is 5.32 Å². The van der Waals surface area contributed by atoms with Crippen molar-refractivity contribution in [2.75, 3.05) is 23.9 Å². The van der Waals surface area contributed by atoms with E-state index in [2.05, 4.69) is 5.32 Å². The fraction of sp³-hybridized carbons (Fsp3) is 0.565. The lowest BCUT2D eigenvalue weighted by atomic mass is 9.83. The van der Waals surface area contributed by atoms with Crippen molar-refractivity contribution in [3.8, 4) is 0 Å². The van der Waals surface area contributed by atoms with Crippen LogP contribution in [0.25, 0.3) is 0 Å². The third-order valence-electron chi connectivity index (χ3n) is 6.49. The summed E-state index contributed by atoms with van der Waals surface area (Å²) in [5, 5.41) is 2.77. The summed E-state index contributed by atoms with van der Waals surface area (Å²) >= 11 is 0. The third-order valence-corrected chi connectivity index (χ3v) is 6.49. The summed E-state index contributed by atoms with van der Waals surface area (Å²) in [6.07, 6.45) is 4.55. The van der Waals surface area contributed by atoms with Gasteiger partial charge in [0.2, 0.25) is 11.4 Å². The second kappa shape index (κ2) is 8.78. The Bertz CT molecular complexity index is 850. The van der Waals surface area contributed by atoms with E-state index in [0.717, 1.165) is 25.7 Å². The van der Waals surface area contributed by atoms with E-state index in [4.69, 9.17) is 5.73 Å². The van der Waals surface area contributed by atoms with Crippen LogP contribution in [0.1, 0.15) is 46.0 Å². The standard InChI is InChI=1S/C23H32N4O4/c1-14(2)19(25-18(28)13-15-9-5-6-10-15)20(29)23(24)21(30)26(3)16-11-7-8-12-17(16)27(4)22(23)31/h7-8,11-12,14-15,19H,5-6,9-10,13,24H2,1-4H3,(H,25,28)/t19-/m0/s1. The Morgan fingerprint density at radius 1 is 1.06 bits per heavy atom. The number of fused-ring (bicyclic) bond motifs is 1. The molecule has 2 aliphatic rings. The summed E-state index contributed by atoms with van der Waals surface area (Å²) in [5.41, 5.74) is 4.87. The Balaban J connectivity index is 1.91. The van der Waals surface area contributed by atoms with Crippen LogP contribution in [0.4, 0.5) is 11.4 Å². The molecule has 31 heavy (non-hydrogen) atoms. The maximum atomic E-state index is 13.6. The number of hydrogen-bond donors (Lipinski definition) is 2. The van der Waals surface area contributed by atoms with E-state index in [1.807, 2.05) is 0 Å². The number of ketones is 1. The van der Waals surface area contributed by atoms with Crippen molar-refractivity contribution in [2.24, 2.45) is 17.6 Å². The van der Waals surface area contributed by atoms with Gasteiger partial charge in [-0.2, -0.15) is 0 Å². The number of benzene rings is 1. The van der Waals surface area contributed by atoms with Crippen LogP contribution in [0.15, 0.2) is 24.3 Å². The van der Waals surface area contributed by atoms with E-state index in [1.54, 1.807) is 38.1 Å². The minimum atomic E-state index is -2.43. The molecular weight excluding hydrogens is 396 g/mol. The van der Waals surface area contributed by atoms with Gasteiger partial charge in [0.1, 0.15) is 0 Å². The minimum Gasteiger partial charge on any atom is -0.346 e. The summed E-state index contributed by atoms with van der Waals surface area (Å²) in [4.78, 5) is 55.4. The largest absolute Gasteiger partial charge is 0.346 e. The fourth-order valence-electron chi connectivity index (χ4n) is 4.57. The molecule has 1 aliphatic heterocycles. The van der Waals surface area contributed by atoms with Gasteiger partial charge in [0, 0.05) is 20.5 Å². The van der Waals surface area contributed by atoms with Crippen LogP contribution in [0.2, 0.25) is 0 Å². The normalized spacial score (nSPS) is 19.9. The molecule has 0 saturated heterocycles. The Hall–Kier alpha value is -2.74. The highest BCUT2D eigenvalue weighted by molar-refractivity contribution is 6.37. The first kappa shape index (κ1) is 22.9. The zero-order chi connectivity index (χ0) is 22.9. The molecule has 0 unspecified atom stereocenters. The zero-order valence-electron chi connectivity index (χ0n) is 18.7. The zero-order valence-corrected chi connectivity index (χ0v) is 18.7. The molecule has 1 aliphatic carbocycles. The van der Waals surface area contributed by atoms with Crippen LogP contribution in [-0.2, 0) is 19.2 Å². The molecule has 168 valence electrons. The second-order valence-electron chi connectivity index (χ2n) is 9.03. The van der Waals surface area contributed by atoms with E-state index in [9.17, 15) is 19.2 Å². The van der Waals surface area contributed by atoms with E-state index in [0.29, 0.717) is 23.7 Å². The molecule has 0 aromatic heterocycles. The van der Waals surface area contributed by atoms with Crippen LogP contribution in [-0.4, -0.2) is 49.2 Å². The number of amides is 3. The molecule has 3 N–H and O–H groups in total. The van der Waals surface area contributed by atoms with Crippen molar-refractivity contribution in [3.63, 3.8) is 0 Å². The first-order valence-electron chi connectivity index (χ1n) is 10.9. The van der Waals surface area contributed by atoms with Gasteiger partial charge in [-0.1, -0.05) is 38.8 Å². The molecule has 1 aromatic rings. The SMILES string of the molecule is CC(C)[C@H](NC(=O)CC1CCCC1)C(=O)C1(N)C(=O)N(C)c2ccccc2N(C)C1=O. The molecule has 3 amide bonds. The van der Waals surface area contributed by atoms with Gasteiger partial charge in [-0.15, -0.1) is 0 Å². The number of carbonyl (C=O) groups excluding carboxylic acids is 4. The van der Waals surface area contributed by atoms with E-state index in [-0.39, 0.29) is 11.8 Å². The monoisotopic (exact) mass is 428 g/mol. The van der Waals surface area contributed by atoms with E-state index >= 15 is 0 Å². The number of hydrogen-bond acceptors (Lipinski definition) is 5. The molecule has 0 radical (unpaired) electrons. The molecule has 1 saturated carbocycles. The summed E-state index contributed by atoms with van der Waals surface area (Å²) in [7, 11) is 2.98. The number of nitrogens with one attached hydrogen (secondary N) is 1. The Morgan fingerprint density at radius 2 is 1.55 bits per heavy atom.